The van der Waals surface area contributed by atoms with Gasteiger partial charge in [0.15, 0.2) is 0 Å². The van der Waals surface area contributed by atoms with Gasteiger partial charge in [-0.3, -0.25) is 4.79 Å². The van der Waals surface area contributed by atoms with Gasteiger partial charge in [0.05, 0.1) is 12.2 Å². The number of carboxylic acids is 1. The van der Waals surface area contributed by atoms with Crippen molar-refractivity contribution in [1.29, 1.82) is 0 Å². The molecule has 1 atom stereocenters. The van der Waals surface area contributed by atoms with Crippen LogP contribution in [0.1, 0.15) is 33.6 Å². The average molecular weight is 237 g/mol. The van der Waals surface area contributed by atoms with Crippen LogP contribution < -0.4 is 4.72 Å². The summed E-state index contributed by atoms with van der Waals surface area (Å²) in [6.45, 7) is 5.42. The maximum Gasteiger partial charge on any atom is 0.304 e. The van der Waals surface area contributed by atoms with Gasteiger partial charge in [0.25, 0.3) is 0 Å². The molecule has 0 heterocycles. The minimum atomic E-state index is -3.33. The first-order valence-electron chi connectivity index (χ1n) is 4.94. The summed E-state index contributed by atoms with van der Waals surface area (Å²) >= 11 is 0. The Morgan fingerprint density at radius 1 is 1.33 bits per heavy atom. The number of carbonyl (C=O) groups is 1. The van der Waals surface area contributed by atoms with Crippen LogP contribution in [-0.4, -0.2) is 31.3 Å². The molecule has 5 nitrogen and oxygen atoms in total. The number of carboxylic acid groups (broad SMARTS) is 1. The lowest BCUT2D eigenvalue weighted by atomic mass is 10.2. The predicted octanol–water partition coefficient (Wildman–Crippen LogP) is 0.815. The van der Waals surface area contributed by atoms with Crippen molar-refractivity contribution in [3.63, 3.8) is 0 Å². The van der Waals surface area contributed by atoms with E-state index >= 15 is 0 Å². The van der Waals surface area contributed by atoms with E-state index in [9.17, 15) is 13.2 Å². The minimum Gasteiger partial charge on any atom is -0.481 e. The molecule has 0 aromatic carbocycles. The Hall–Kier alpha value is -0.620. The zero-order valence-electron chi connectivity index (χ0n) is 9.36. The molecule has 0 aliphatic rings. The van der Waals surface area contributed by atoms with E-state index in [1.165, 1.54) is 0 Å². The number of aliphatic carboxylic acids is 1. The fraction of sp³-hybridized carbons (Fsp3) is 0.889. The zero-order valence-corrected chi connectivity index (χ0v) is 10.2. The highest BCUT2D eigenvalue weighted by Crippen LogP contribution is 2.03. The highest BCUT2D eigenvalue weighted by Gasteiger charge is 2.16. The summed E-state index contributed by atoms with van der Waals surface area (Å²) in [6.07, 6.45) is 0.385. The zero-order chi connectivity index (χ0) is 12.1. The van der Waals surface area contributed by atoms with Crippen molar-refractivity contribution in [2.24, 2.45) is 5.92 Å². The highest BCUT2D eigenvalue weighted by molar-refractivity contribution is 7.89. The summed E-state index contributed by atoms with van der Waals surface area (Å²) < 4.78 is 25.2. The number of nitrogens with one attached hydrogen (secondary N) is 1. The van der Waals surface area contributed by atoms with Crippen LogP contribution in [0.4, 0.5) is 0 Å². The molecule has 2 N–H and O–H groups in total. The molecule has 6 heteroatoms. The molecule has 0 aromatic rings. The Kier molecular flexibility index (Phi) is 5.82. The van der Waals surface area contributed by atoms with Gasteiger partial charge in [-0.1, -0.05) is 13.8 Å². The normalized spacial score (nSPS) is 14.1. The molecule has 0 amide bonds. The van der Waals surface area contributed by atoms with Crippen LogP contribution in [0.15, 0.2) is 0 Å². The van der Waals surface area contributed by atoms with E-state index in [0.29, 0.717) is 12.3 Å². The predicted molar refractivity (Wildman–Crippen MR) is 58.1 cm³/mol. The summed E-state index contributed by atoms with van der Waals surface area (Å²) in [5, 5.41) is 8.46. The summed E-state index contributed by atoms with van der Waals surface area (Å²) in [4.78, 5) is 10.3. The molecule has 90 valence electrons. The summed E-state index contributed by atoms with van der Waals surface area (Å²) in [5.74, 6) is -0.639. The third-order valence-electron chi connectivity index (χ3n) is 1.83. The smallest absolute Gasteiger partial charge is 0.304 e. The van der Waals surface area contributed by atoms with Crippen LogP contribution in [0, 0.1) is 5.92 Å². The van der Waals surface area contributed by atoms with Gasteiger partial charge in [0, 0.05) is 6.04 Å². The molecule has 0 radical (unpaired) electrons. The molecule has 15 heavy (non-hydrogen) atoms. The van der Waals surface area contributed by atoms with E-state index in [4.69, 9.17) is 5.11 Å². The second kappa shape index (κ2) is 6.07. The van der Waals surface area contributed by atoms with Crippen LogP contribution in [-0.2, 0) is 14.8 Å². The fourth-order valence-corrected chi connectivity index (χ4v) is 2.66. The van der Waals surface area contributed by atoms with Crippen LogP contribution in [0.3, 0.4) is 0 Å². The Morgan fingerprint density at radius 3 is 2.27 bits per heavy atom. The average Bonchev–Trinajstić information content (AvgIpc) is 1.98. The van der Waals surface area contributed by atoms with E-state index in [-0.39, 0.29) is 12.2 Å². The van der Waals surface area contributed by atoms with Crippen LogP contribution in [0.25, 0.3) is 0 Å². The molecule has 0 bridgehead atoms. The molecule has 0 saturated heterocycles. The SMILES string of the molecule is CC(C)CCS(=O)(=O)NC(C)CC(=O)O. The van der Waals surface area contributed by atoms with Gasteiger partial charge in [-0.2, -0.15) is 0 Å². The first-order valence-corrected chi connectivity index (χ1v) is 6.60. The van der Waals surface area contributed by atoms with E-state index in [1.807, 2.05) is 13.8 Å². The van der Waals surface area contributed by atoms with Crippen LogP contribution in [0.5, 0.6) is 0 Å². The van der Waals surface area contributed by atoms with E-state index < -0.39 is 22.0 Å². The molecule has 0 spiro atoms. The second-order valence-electron chi connectivity index (χ2n) is 4.12. The minimum absolute atomic E-state index is 0.0502. The van der Waals surface area contributed by atoms with E-state index in [0.717, 1.165) is 0 Å². The van der Waals surface area contributed by atoms with Gasteiger partial charge in [-0.25, -0.2) is 13.1 Å². The number of sulfonamides is 1. The molecule has 0 saturated carbocycles. The van der Waals surface area contributed by atoms with Crippen molar-refractivity contribution in [1.82, 2.24) is 4.72 Å². The molecular weight excluding hydrogens is 218 g/mol. The first kappa shape index (κ1) is 14.4. The lowest BCUT2D eigenvalue weighted by Gasteiger charge is -2.12. The van der Waals surface area contributed by atoms with Gasteiger partial charge < -0.3 is 5.11 Å². The van der Waals surface area contributed by atoms with Crippen molar-refractivity contribution in [3.8, 4) is 0 Å². The second-order valence-corrected chi connectivity index (χ2v) is 5.99. The Bertz CT molecular complexity index is 297. The maximum atomic E-state index is 11.4. The number of hydrogen-bond acceptors (Lipinski definition) is 3. The third-order valence-corrected chi connectivity index (χ3v) is 3.36. The number of rotatable bonds is 7. The Balaban J connectivity index is 4.08. The summed E-state index contributed by atoms with van der Waals surface area (Å²) in [7, 11) is -3.33. The highest BCUT2D eigenvalue weighted by atomic mass is 32.2. The monoisotopic (exact) mass is 237 g/mol. The van der Waals surface area contributed by atoms with Gasteiger partial charge in [-0.05, 0) is 19.3 Å². The fourth-order valence-electron chi connectivity index (χ4n) is 1.06. The topological polar surface area (TPSA) is 83.5 Å². The molecule has 0 fully saturated rings. The van der Waals surface area contributed by atoms with Crippen LogP contribution >= 0.6 is 0 Å². The first-order chi connectivity index (χ1) is 6.73. The van der Waals surface area contributed by atoms with E-state index in [1.54, 1.807) is 6.92 Å². The summed E-state index contributed by atoms with van der Waals surface area (Å²) in [5.41, 5.74) is 0. The molecule has 0 rings (SSSR count). The van der Waals surface area contributed by atoms with Crippen molar-refractivity contribution in [2.75, 3.05) is 5.75 Å². The van der Waals surface area contributed by atoms with Crippen molar-refractivity contribution in [3.05, 3.63) is 0 Å². The molecule has 0 aliphatic heterocycles. The molecule has 0 aliphatic carbocycles. The molecule has 0 aromatic heterocycles. The van der Waals surface area contributed by atoms with Gasteiger partial charge >= 0.3 is 5.97 Å². The Morgan fingerprint density at radius 2 is 1.87 bits per heavy atom. The lowest BCUT2D eigenvalue weighted by molar-refractivity contribution is -0.137. The lowest BCUT2D eigenvalue weighted by Crippen LogP contribution is -2.36. The van der Waals surface area contributed by atoms with Crippen LogP contribution in [0.2, 0.25) is 0 Å². The molecular formula is C9H19NO4S. The van der Waals surface area contributed by atoms with Crippen molar-refractivity contribution < 1.29 is 18.3 Å². The van der Waals surface area contributed by atoms with Gasteiger partial charge in [0.1, 0.15) is 0 Å². The van der Waals surface area contributed by atoms with Crippen molar-refractivity contribution in [2.45, 2.75) is 39.7 Å². The maximum absolute atomic E-state index is 11.4. The Labute approximate surface area is 90.9 Å². The van der Waals surface area contributed by atoms with Gasteiger partial charge in [0.2, 0.25) is 10.0 Å². The van der Waals surface area contributed by atoms with Crippen molar-refractivity contribution >= 4 is 16.0 Å². The quantitative estimate of drug-likeness (QED) is 0.686. The van der Waals surface area contributed by atoms with E-state index in [2.05, 4.69) is 4.72 Å². The number of hydrogen-bond donors (Lipinski definition) is 2. The summed E-state index contributed by atoms with van der Waals surface area (Å²) in [6, 6.07) is -0.556. The molecule has 1 unspecified atom stereocenters. The standard InChI is InChI=1S/C9H19NO4S/c1-7(2)4-5-15(13,14)10-8(3)6-9(11)12/h7-8,10H,4-6H2,1-3H3,(H,11,12). The third kappa shape index (κ3) is 8.38. The largest absolute Gasteiger partial charge is 0.481 e. The van der Waals surface area contributed by atoms with Gasteiger partial charge in [-0.15, -0.1) is 0 Å².